The second-order valence-electron chi connectivity index (χ2n) is 5.73. The van der Waals surface area contributed by atoms with Crippen LogP contribution < -0.4 is 5.73 Å². The van der Waals surface area contributed by atoms with Crippen molar-refractivity contribution < 1.29 is 0 Å². The van der Waals surface area contributed by atoms with E-state index in [1.165, 1.54) is 25.7 Å². The molecule has 2 N–H and O–H groups in total. The summed E-state index contributed by atoms with van der Waals surface area (Å²) in [6, 6.07) is 0.445. The first-order valence-corrected chi connectivity index (χ1v) is 6.26. The summed E-state index contributed by atoms with van der Waals surface area (Å²) in [5.41, 5.74) is 6.13. The standard InChI is InChI=1S/C13H27N/c1-9-5-6-13(14)8-11(3)12(4)10(2)7-9/h9-13H,5-8,14H2,1-4H3/t9-,10-,11+,12-,13?/m1/s1. The Hall–Kier alpha value is -0.0400. The van der Waals surface area contributed by atoms with Gasteiger partial charge >= 0.3 is 0 Å². The van der Waals surface area contributed by atoms with Crippen LogP contribution >= 0.6 is 0 Å². The van der Waals surface area contributed by atoms with Crippen molar-refractivity contribution in [1.29, 1.82) is 0 Å². The normalized spacial score (nSPS) is 46.5. The SMILES string of the molecule is C[C@@H]1CCC(N)C[C@H](C)[C@H](C)[C@H](C)C1. The predicted molar refractivity (Wildman–Crippen MR) is 63.1 cm³/mol. The Morgan fingerprint density at radius 3 is 2.07 bits per heavy atom. The van der Waals surface area contributed by atoms with Gasteiger partial charge in [-0.15, -0.1) is 0 Å². The first kappa shape index (κ1) is 12.0. The van der Waals surface area contributed by atoms with Gasteiger partial charge in [0.15, 0.2) is 0 Å². The molecular formula is C13H27N. The summed E-state index contributed by atoms with van der Waals surface area (Å²) in [6.45, 7) is 9.57. The number of hydrogen-bond acceptors (Lipinski definition) is 1. The molecule has 1 unspecified atom stereocenters. The van der Waals surface area contributed by atoms with E-state index in [1.807, 2.05) is 0 Å². The van der Waals surface area contributed by atoms with Crippen LogP contribution in [0.1, 0.15) is 53.4 Å². The summed E-state index contributed by atoms with van der Waals surface area (Å²) < 4.78 is 0. The van der Waals surface area contributed by atoms with Gasteiger partial charge in [0.05, 0.1) is 0 Å². The third-order valence-electron chi connectivity index (χ3n) is 4.27. The van der Waals surface area contributed by atoms with E-state index in [1.54, 1.807) is 0 Å². The molecule has 1 fully saturated rings. The number of rotatable bonds is 0. The molecule has 14 heavy (non-hydrogen) atoms. The van der Waals surface area contributed by atoms with Crippen LogP contribution in [0.4, 0.5) is 0 Å². The van der Waals surface area contributed by atoms with Crippen LogP contribution in [0.5, 0.6) is 0 Å². The van der Waals surface area contributed by atoms with E-state index in [2.05, 4.69) is 27.7 Å². The zero-order valence-electron chi connectivity index (χ0n) is 10.3. The van der Waals surface area contributed by atoms with Crippen molar-refractivity contribution in [2.24, 2.45) is 29.4 Å². The van der Waals surface area contributed by atoms with Crippen molar-refractivity contribution in [1.82, 2.24) is 0 Å². The molecule has 0 bridgehead atoms. The van der Waals surface area contributed by atoms with Crippen molar-refractivity contribution in [3.8, 4) is 0 Å². The van der Waals surface area contributed by atoms with Crippen molar-refractivity contribution in [3.63, 3.8) is 0 Å². The molecule has 0 saturated heterocycles. The van der Waals surface area contributed by atoms with Gasteiger partial charge in [-0.05, 0) is 49.4 Å². The predicted octanol–water partition coefficient (Wildman–Crippen LogP) is 3.43. The van der Waals surface area contributed by atoms with Crippen molar-refractivity contribution in [2.75, 3.05) is 0 Å². The Labute approximate surface area is 89.5 Å². The molecule has 0 radical (unpaired) electrons. The van der Waals surface area contributed by atoms with Crippen LogP contribution in [0.3, 0.4) is 0 Å². The Morgan fingerprint density at radius 2 is 1.43 bits per heavy atom. The van der Waals surface area contributed by atoms with Gasteiger partial charge in [0, 0.05) is 6.04 Å². The number of nitrogens with two attached hydrogens (primary N) is 1. The second-order valence-corrected chi connectivity index (χ2v) is 5.73. The lowest BCUT2D eigenvalue weighted by Gasteiger charge is -2.27. The zero-order chi connectivity index (χ0) is 10.7. The average molecular weight is 197 g/mol. The maximum absolute atomic E-state index is 6.13. The fraction of sp³-hybridized carbons (Fsp3) is 1.00. The summed E-state index contributed by atoms with van der Waals surface area (Å²) in [5.74, 6) is 3.36. The lowest BCUT2D eigenvalue weighted by atomic mass is 9.79. The van der Waals surface area contributed by atoms with Crippen molar-refractivity contribution in [2.45, 2.75) is 59.4 Å². The van der Waals surface area contributed by atoms with E-state index in [4.69, 9.17) is 5.73 Å². The lowest BCUT2D eigenvalue weighted by Crippen LogP contribution is -2.25. The van der Waals surface area contributed by atoms with Gasteiger partial charge in [0.25, 0.3) is 0 Å². The van der Waals surface area contributed by atoms with E-state index in [0.717, 1.165) is 23.7 Å². The Bertz CT molecular complexity index is 149. The van der Waals surface area contributed by atoms with E-state index < -0.39 is 0 Å². The highest BCUT2D eigenvalue weighted by Gasteiger charge is 2.24. The van der Waals surface area contributed by atoms with Gasteiger partial charge in [0.2, 0.25) is 0 Å². The van der Waals surface area contributed by atoms with E-state index in [-0.39, 0.29) is 0 Å². The molecular weight excluding hydrogens is 170 g/mol. The molecule has 1 saturated carbocycles. The molecule has 0 aromatic carbocycles. The van der Waals surface area contributed by atoms with E-state index >= 15 is 0 Å². The highest BCUT2D eigenvalue weighted by molar-refractivity contribution is 4.77. The average Bonchev–Trinajstić information content (AvgIpc) is 2.15. The van der Waals surface area contributed by atoms with Gasteiger partial charge in [-0.3, -0.25) is 0 Å². The molecule has 1 rings (SSSR count). The van der Waals surface area contributed by atoms with Crippen LogP contribution in [0.15, 0.2) is 0 Å². The Kier molecular flexibility index (Phi) is 4.43. The summed E-state index contributed by atoms with van der Waals surface area (Å²) in [6.07, 6.45) is 5.16. The summed E-state index contributed by atoms with van der Waals surface area (Å²) in [7, 11) is 0. The monoisotopic (exact) mass is 197 g/mol. The largest absolute Gasteiger partial charge is 0.328 e. The maximum Gasteiger partial charge on any atom is 0.00415 e. The molecule has 0 aliphatic heterocycles. The molecule has 1 aliphatic rings. The molecule has 0 amide bonds. The smallest absolute Gasteiger partial charge is 0.00415 e. The van der Waals surface area contributed by atoms with E-state index in [0.29, 0.717) is 6.04 Å². The fourth-order valence-electron chi connectivity index (χ4n) is 2.84. The summed E-state index contributed by atoms with van der Waals surface area (Å²) in [5, 5.41) is 0. The Balaban J connectivity index is 2.61. The second kappa shape index (κ2) is 5.16. The summed E-state index contributed by atoms with van der Waals surface area (Å²) >= 11 is 0. The molecule has 0 heterocycles. The number of hydrogen-bond donors (Lipinski definition) is 1. The highest BCUT2D eigenvalue weighted by atomic mass is 14.6. The molecule has 1 aliphatic carbocycles. The molecule has 5 atom stereocenters. The first-order valence-electron chi connectivity index (χ1n) is 6.26. The van der Waals surface area contributed by atoms with Crippen LogP contribution in [-0.4, -0.2) is 6.04 Å². The van der Waals surface area contributed by atoms with Gasteiger partial charge in [-0.2, -0.15) is 0 Å². The topological polar surface area (TPSA) is 26.0 Å². The fourth-order valence-corrected chi connectivity index (χ4v) is 2.84. The zero-order valence-corrected chi connectivity index (χ0v) is 10.3. The molecule has 1 nitrogen and oxygen atoms in total. The summed E-state index contributed by atoms with van der Waals surface area (Å²) in [4.78, 5) is 0. The minimum absolute atomic E-state index is 0.445. The third kappa shape index (κ3) is 3.27. The van der Waals surface area contributed by atoms with Gasteiger partial charge in [-0.25, -0.2) is 0 Å². The minimum atomic E-state index is 0.445. The van der Waals surface area contributed by atoms with E-state index in [9.17, 15) is 0 Å². The van der Waals surface area contributed by atoms with Crippen LogP contribution in [0.2, 0.25) is 0 Å². The molecule has 84 valence electrons. The molecule has 1 heteroatoms. The van der Waals surface area contributed by atoms with Gasteiger partial charge in [0.1, 0.15) is 0 Å². The Morgan fingerprint density at radius 1 is 0.857 bits per heavy atom. The third-order valence-corrected chi connectivity index (χ3v) is 4.27. The van der Waals surface area contributed by atoms with Crippen molar-refractivity contribution >= 4 is 0 Å². The molecule has 0 aromatic heterocycles. The first-order chi connectivity index (χ1) is 6.50. The van der Waals surface area contributed by atoms with Crippen LogP contribution in [0, 0.1) is 23.7 Å². The molecule has 0 aromatic rings. The van der Waals surface area contributed by atoms with Gasteiger partial charge < -0.3 is 5.73 Å². The van der Waals surface area contributed by atoms with Crippen LogP contribution in [-0.2, 0) is 0 Å². The van der Waals surface area contributed by atoms with Crippen LogP contribution in [0.25, 0.3) is 0 Å². The van der Waals surface area contributed by atoms with Crippen molar-refractivity contribution in [3.05, 3.63) is 0 Å². The minimum Gasteiger partial charge on any atom is -0.328 e. The van der Waals surface area contributed by atoms with Gasteiger partial charge in [-0.1, -0.05) is 27.7 Å². The highest BCUT2D eigenvalue weighted by Crippen LogP contribution is 2.32. The lowest BCUT2D eigenvalue weighted by molar-refractivity contribution is 0.237. The quantitative estimate of drug-likeness (QED) is 0.632. The molecule has 0 spiro atoms. The maximum atomic E-state index is 6.13.